The van der Waals surface area contributed by atoms with Crippen molar-refractivity contribution < 1.29 is 14.3 Å². The number of Topliss-reactive ketones (excluding diaryl/α,β-unsaturated/α-hetero) is 1. The second-order valence-electron chi connectivity index (χ2n) is 6.83. The molecule has 0 atom stereocenters. The zero-order valence-corrected chi connectivity index (χ0v) is 18.3. The van der Waals surface area contributed by atoms with Crippen molar-refractivity contribution in [3.63, 3.8) is 0 Å². The molecule has 0 unspecified atom stereocenters. The molecule has 3 aromatic rings. The molecular formula is C23H22N4O3S. The van der Waals surface area contributed by atoms with Gasteiger partial charge < -0.3 is 4.74 Å². The number of amides is 1. The van der Waals surface area contributed by atoms with Crippen molar-refractivity contribution in [2.24, 2.45) is 0 Å². The number of rotatable bonds is 6. The summed E-state index contributed by atoms with van der Waals surface area (Å²) in [6.45, 7) is 3.61. The van der Waals surface area contributed by atoms with E-state index in [4.69, 9.17) is 4.74 Å². The lowest BCUT2D eigenvalue weighted by Crippen LogP contribution is -2.42. The molecule has 0 fully saturated rings. The van der Waals surface area contributed by atoms with Gasteiger partial charge in [0.2, 0.25) is 11.1 Å². The highest BCUT2D eigenvalue weighted by molar-refractivity contribution is 8.04. The van der Waals surface area contributed by atoms with Crippen molar-refractivity contribution in [2.75, 3.05) is 12.1 Å². The van der Waals surface area contributed by atoms with Crippen LogP contribution in [0, 0.1) is 0 Å². The van der Waals surface area contributed by atoms with E-state index < -0.39 is 0 Å². The highest BCUT2D eigenvalue weighted by Crippen LogP contribution is 2.41. The molecule has 0 spiro atoms. The van der Waals surface area contributed by atoms with Crippen molar-refractivity contribution in [3.8, 4) is 17.1 Å². The summed E-state index contributed by atoms with van der Waals surface area (Å²) in [5.41, 5.74) is 2.13. The molecule has 0 N–H and O–H groups in total. The Morgan fingerprint density at radius 1 is 0.935 bits per heavy atom. The smallest absolute Gasteiger partial charge is 0.246 e. The van der Waals surface area contributed by atoms with Gasteiger partial charge in [-0.25, -0.2) is 5.01 Å². The van der Waals surface area contributed by atoms with Crippen molar-refractivity contribution in [2.45, 2.75) is 31.8 Å². The van der Waals surface area contributed by atoms with E-state index >= 15 is 0 Å². The van der Waals surface area contributed by atoms with E-state index in [0.29, 0.717) is 28.0 Å². The first-order valence-electron chi connectivity index (χ1n) is 10.0. The lowest BCUT2D eigenvalue weighted by molar-refractivity contribution is -0.118. The zero-order chi connectivity index (χ0) is 22.0. The van der Waals surface area contributed by atoms with E-state index in [-0.39, 0.29) is 18.1 Å². The molecule has 7 nitrogen and oxygen atoms in total. The highest BCUT2D eigenvalue weighted by atomic mass is 32.2. The molecule has 0 saturated carbocycles. The third-order valence-corrected chi connectivity index (χ3v) is 6.00. The maximum absolute atomic E-state index is 13.2. The number of allylic oxidation sites excluding steroid dienone is 1. The molecule has 158 valence electrons. The van der Waals surface area contributed by atoms with Gasteiger partial charge in [0.15, 0.2) is 11.6 Å². The van der Waals surface area contributed by atoms with Crippen molar-refractivity contribution in [3.05, 3.63) is 65.1 Å². The van der Waals surface area contributed by atoms with Gasteiger partial charge in [-0.2, -0.15) is 4.68 Å². The van der Waals surface area contributed by atoms with Crippen LogP contribution in [-0.4, -0.2) is 33.7 Å². The number of hydrogen-bond donors (Lipinski definition) is 0. The molecule has 2 heterocycles. The predicted molar refractivity (Wildman–Crippen MR) is 120 cm³/mol. The van der Waals surface area contributed by atoms with Gasteiger partial charge in [-0.3, -0.25) is 9.59 Å². The van der Waals surface area contributed by atoms with Gasteiger partial charge in [-0.15, -0.1) is 10.2 Å². The highest BCUT2D eigenvalue weighted by Gasteiger charge is 2.36. The molecule has 1 aliphatic heterocycles. The second kappa shape index (κ2) is 8.77. The molecule has 31 heavy (non-hydrogen) atoms. The number of thioether (sulfide) groups is 1. The van der Waals surface area contributed by atoms with E-state index in [0.717, 1.165) is 16.9 Å². The molecule has 0 bridgehead atoms. The molecule has 1 aliphatic rings. The summed E-state index contributed by atoms with van der Waals surface area (Å²) in [4.78, 5) is 26.6. The van der Waals surface area contributed by atoms with Gasteiger partial charge in [0.1, 0.15) is 5.75 Å². The lowest BCUT2D eigenvalue weighted by atomic mass is 10.1. The van der Waals surface area contributed by atoms with Crippen LogP contribution in [0.1, 0.15) is 32.3 Å². The van der Waals surface area contributed by atoms with Crippen LogP contribution in [0.5, 0.6) is 5.75 Å². The Morgan fingerprint density at radius 3 is 2.26 bits per heavy atom. The summed E-state index contributed by atoms with van der Waals surface area (Å²) in [5, 5.41) is 10.7. The second-order valence-corrected chi connectivity index (χ2v) is 7.81. The minimum absolute atomic E-state index is 0.0435. The van der Waals surface area contributed by atoms with Crippen LogP contribution in [0.15, 0.2) is 64.7 Å². The monoisotopic (exact) mass is 434 g/mol. The Hall–Kier alpha value is -3.39. The summed E-state index contributed by atoms with van der Waals surface area (Å²) in [7, 11) is 1.61. The summed E-state index contributed by atoms with van der Waals surface area (Å²) < 4.78 is 6.95. The number of fused-ring (bicyclic) bond motifs is 1. The fourth-order valence-corrected chi connectivity index (χ4v) is 4.43. The van der Waals surface area contributed by atoms with Gasteiger partial charge in [-0.1, -0.05) is 44.2 Å². The van der Waals surface area contributed by atoms with Crippen LogP contribution in [0.4, 0.5) is 0 Å². The number of benzene rings is 2. The molecule has 2 aromatic carbocycles. The van der Waals surface area contributed by atoms with Gasteiger partial charge in [0.05, 0.1) is 17.7 Å². The van der Waals surface area contributed by atoms with Crippen molar-refractivity contribution in [1.29, 1.82) is 0 Å². The Kier molecular flexibility index (Phi) is 5.90. The molecular weight excluding hydrogens is 412 g/mol. The molecule has 0 aliphatic carbocycles. The van der Waals surface area contributed by atoms with Crippen molar-refractivity contribution >= 4 is 29.1 Å². The van der Waals surface area contributed by atoms with E-state index in [1.165, 1.54) is 11.8 Å². The molecule has 0 saturated heterocycles. The molecule has 4 rings (SSSR count). The summed E-state index contributed by atoms with van der Waals surface area (Å²) in [6, 6.07) is 16.9. The minimum atomic E-state index is -0.156. The van der Waals surface area contributed by atoms with Crippen LogP contribution in [-0.2, 0) is 9.59 Å². The average Bonchev–Trinajstić information content (AvgIpc) is 3.26. The lowest BCUT2D eigenvalue weighted by Gasteiger charge is -2.33. The van der Waals surface area contributed by atoms with Crippen LogP contribution >= 0.6 is 11.8 Å². The number of aromatic nitrogens is 3. The van der Waals surface area contributed by atoms with Gasteiger partial charge in [0.25, 0.3) is 0 Å². The first-order valence-corrected chi connectivity index (χ1v) is 10.8. The number of carbonyl (C=O) groups excluding carboxylic acids is 2. The Bertz CT molecular complexity index is 1150. The van der Waals surface area contributed by atoms with E-state index in [1.807, 2.05) is 61.5 Å². The summed E-state index contributed by atoms with van der Waals surface area (Å²) >= 11 is 1.25. The average molecular weight is 435 g/mol. The van der Waals surface area contributed by atoms with Crippen molar-refractivity contribution in [1.82, 2.24) is 14.9 Å². The largest absolute Gasteiger partial charge is 0.497 e. The SMILES string of the molecule is CCC(=O)C1=C(c2ccccc2)N(C(=O)CC)n2c(nnc2-c2ccc(OC)cc2)S1. The van der Waals surface area contributed by atoms with Gasteiger partial charge in [0, 0.05) is 24.0 Å². The van der Waals surface area contributed by atoms with Crippen LogP contribution in [0.25, 0.3) is 17.1 Å². The maximum Gasteiger partial charge on any atom is 0.246 e. The van der Waals surface area contributed by atoms with Gasteiger partial charge in [-0.05, 0) is 36.0 Å². The minimum Gasteiger partial charge on any atom is -0.497 e. The first kappa shape index (κ1) is 20.9. The molecule has 1 aromatic heterocycles. The van der Waals surface area contributed by atoms with E-state index in [2.05, 4.69) is 10.2 Å². The quantitative estimate of drug-likeness (QED) is 0.576. The van der Waals surface area contributed by atoms with Gasteiger partial charge >= 0.3 is 0 Å². The predicted octanol–water partition coefficient (Wildman–Crippen LogP) is 4.28. The normalized spacial score (nSPS) is 13.2. The number of carbonyl (C=O) groups is 2. The topological polar surface area (TPSA) is 77.3 Å². The summed E-state index contributed by atoms with van der Waals surface area (Å²) in [6.07, 6.45) is 0.584. The number of nitrogens with zero attached hydrogens (tertiary/aromatic N) is 4. The first-order chi connectivity index (χ1) is 15.1. The van der Waals surface area contributed by atoms with Crippen LogP contribution in [0.2, 0.25) is 0 Å². The van der Waals surface area contributed by atoms with Crippen LogP contribution < -0.4 is 9.75 Å². The third-order valence-electron chi connectivity index (χ3n) is 4.94. The maximum atomic E-state index is 13.2. The number of ether oxygens (including phenoxy) is 1. The number of methoxy groups -OCH3 is 1. The Morgan fingerprint density at radius 2 is 1.65 bits per heavy atom. The third kappa shape index (κ3) is 3.74. The van der Waals surface area contributed by atoms with Crippen LogP contribution in [0.3, 0.4) is 0 Å². The Balaban J connectivity index is 1.95. The standard InChI is InChI=1S/C23H22N4O3S/c1-4-18(28)21-20(15-9-7-6-8-10-15)26(19(29)5-2)27-22(24-25-23(27)31-21)16-11-13-17(30-3)14-12-16/h6-14H,4-5H2,1-3H3. The fourth-order valence-electron chi connectivity index (χ4n) is 3.35. The Labute approximate surface area is 184 Å². The number of hydrogen-bond acceptors (Lipinski definition) is 6. The zero-order valence-electron chi connectivity index (χ0n) is 17.5. The molecule has 0 radical (unpaired) electrons. The molecule has 8 heteroatoms. The van der Waals surface area contributed by atoms with E-state index in [1.54, 1.807) is 23.7 Å². The molecule has 1 amide bonds. The van der Waals surface area contributed by atoms with E-state index in [9.17, 15) is 9.59 Å². The fraction of sp³-hybridized carbons (Fsp3) is 0.217. The number of ketones is 1. The summed E-state index contributed by atoms with van der Waals surface area (Å²) in [5.74, 6) is 1.04.